The molecule has 0 radical (unpaired) electrons. The summed E-state index contributed by atoms with van der Waals surface area (Å²) in [5.41, 5.74) is 0.0477. The van der Waals surface area contributed by atoms with Gasteiger partial charge in [0.25, 0.3) is 5.56 Å². The first-order chi connectivity index (χ1) is 14.6. The van der Waals surface area contributed by atoms with Gasteiger partial charge >= 0.3 is 5.69 Å². The van der Waals surface area contributed by atoms with E-state index in [4.69, 9.17) is 0 Å². The smallest absolute Gasteiger partial charge is 0.322 e. The van der Waals surface area contributed by atoms with E-state index in [2.05, 4.69) is 32.4 Å². The highest BCUT2D eigenvalue weighted by Gasteiger charge is 2.19. The number of unbranched alkanes of at least 4 members (excludes halogenated alkanes) is 1. The lowest BCUT2D eigenvalue weighted by Crippen LogP contribution is -2.31. The third-order valence-electron chi connectivity index (χ3n) is 4.73. The molecular formula is C18H22N8O2S2. The molecule has 0 amide bonds. The highest BCUT2D eigenvalue weighted by Crippen LogP contribution is 2.23. The summed E-state index contributed by atoms with van der Waals surface area (Å²) in [6, 6.07) is 4.04. The molecule has 4 heterocycles. The van der Waals surface area contributed by atoms with Crippen molar-refractivity contribution in [2.75, 3.05) is 0 Å². The zero-order valence-electron chi connectivity index (χ0n) is 16.7. The van der Waals surface area contributed by atoms with E-state index in [1.165, 1.54) is 11.8 Å². The lowest BCUT2D eigenvalue weighted by Gasteiger charge is -2.06. The number of nitrogens with zero attached hydrogens (tertiary/aromatic N) is 7. The van der Waals surface area contributed by atoms with Gasteiger partial charge in [-0.15, -0.1) is 16.4 Å². The summed E-state index contributed by atoms with van der Waals surface area (Å²) >= 11 is 3.11. The van der Waals surface area contributed by atoms with Gasteiger partial charge in [-0.2, -0.15) is 0 Å². The number of thioether (sulfide) groups is 1. The molecule has 30 heavy (non-hydrogen) atoms. The van der Waals surface area contributed by atoms with Crippen LogP contribution in [0.5, 0.6) is 0 Å². The van der Waals surface area contributed by atoms with E-state index in [1.54, 1.807) is 20.6 Å². The fourth-order valence-corrected chi connectivity index (χ4v) is 4.78. The molecule has 0 aromatic carbocycles. The fraction of sp³-hybridized carbons (Fsp3) is 0.444. The molecule has 0 saturated heterocycles. The Bertz CT molecular complexity index is 1250. The molecule has 4 aromatic rings. The molecule has 0 fully saturated rings. The largest absolute Gasteiger partial charge is 0.330 e. The molecule has 0 atom stereocenters. The fourth-order valence-electron chi connectivity index (χ4n) is 3.27. The molecule has 1 N–H and O–H groups in total. The molecule has 158 valence electrons. The second-order valence-corrected chi connectivity index (χ2v) is 8.67. The molecular weight excluding hydrogens is 424 g/mol. The van der Waals surface area contributed by atoms with Crippen molar-refractivity contribution < 1.29 is 0 Å². The first kappa shape index (κ1) is 20.5. The zero-order valence-corrected chi connectivity index (χ0v) is 18.4. The number of tetrazole rings is 1. The van der Waals surface area contributed by atoms with Gasteiger partial charge in [0.05, 0.1) is 12.3 Å². The average Bonchev–Trinajstić information content (AvgIpc) is 3.46. The molecule has 12 heteroatoms. The summed E-state index contributed by atoms with van der Waals surface area (Å²) in [5, 5.41) is 14.7. The van der Waals surface area contributed by atoms with Crippen LogP contribution < -0.4 is 11.2 Å². The first-order valence-electron chi connectivity index (χ1n) is 9.76. The van der Waals surface area contributed by atoms with Gasteiger partial charge in [0.1, 0.15) is 5.82 Å². The van der Waals surface area contributed by atoms with Crippen LogP contribution in [0.15, 0.2) is 32.3 Å². The minimum absolute atomic E-state index is 0.407. The number of rotatable bonds is 9. The summed E-state index contributed by atoms with van der Waals surface area (Å²) in [6.45, 7) is 5.71. The normalized spacial score (nSPS) is 11.5. The molecule has 0 aliphatic heterocycles. The van der Waals surface area contributed by atoms with E-state index in [0.717, 1.165) is 17.7 Å². The Morgan fingerprint density at radius 3 is 2.83 bits per heavy atom. The summed E-state index contributed by atoms with van der Waals surface area (Å²) in [7, 11) is 0. The highest BCUT2D eigenvalue weighted by molar-refractivity contribution is 7.98. The van der Waals surface area contributed by atoms with Crippen molar-refractivity contribution >= 4 is 34.3 Å². The molecule has 4 rings (SSSR count). The monoisotopic (exact) mass is 446 g/mol. The number of imidazole rings is 1. The average molecular weight is 447 g/mol. The van der Waals surface area contributed by atoms with Crippen LogP contribution in [0.1, 0.15) is 37.4 Å². The van der Waals surface area contributed by atoms with Crippen molar-refractivity contribution in [3.8, 4) is 0 Å². The zero-order chi connectivity index (χ0) is 21.1. The maximum atomic E-state index is 12.5. The van der Waals surface area contributed by atoms with Crippen LogP contribution >= 0.6 is 23.1 Å². The third-order valence-corrected chi connectivity index (χ3v) is 6.55. The number of hydrogen-bond donors (Lipinski definition) is 1. The predicted octanol–water partition coefficient (Wildman–Crippen LogP) is 2.09. The second-order valence-electron chi connectivity index (χ2n) is 6.70. The molecule has 0 bridgehead atoms. The molecule has 0 aliphatic carbocycles. The number of nitrogens with one attached hydrogen (secondary N) is 1. The lowest BCUT2D eigenvalue weighted by molar-refractivity contribution is 0.608. The number of aryl methyl sites for hydroxylation is 2. The number of aromatic amines is 1. The number of aromatic nitrogens is 8. The van der Waals surface area contributed by atoms with Gasteiger partial charge in [-0.25, -0.2) is 14.5 Å². The van der Waals surface area contributed by atoms with Gasteiger partial charge < -0.3 is 4.57 Å². The van der Waals surface area contributed by atoms with Crippen LogP contribution in [0, 0.1) is 0 Å². The Kier molecular flexibility index (Phi) is 6.13. The Labute approximate surface area is 180 Å². The summed E-state index contributed by atoms with van der Waals surface area (Å²) in [5.74, 6) is 1.19. The minimum atomic E-state index is -0.416. The van der Waals surface area contributed by atoms with Crippen LogP contribution in [0.4, 0.5) is 0 Å². The van der Waals surface area contributed by atoms with Crippen LogP contribution in [0.25, 0.3) is 11.2 Å². The Hall–Kier alpha value is -2.73. The van der Waals surface area contributed by atoms with Crippen LogP contribution in [0.2, 0.25) is 0 Å². The predicted molar refractivity (Wildman–Crippen MR) is 116 cm³/mol. The van der Waals surface area contributed by atoms with E-state index in [1.807, 2.05) is 29.0 Å². The first-order valence-corrected chi connectivity index (χ1v) is 11.6. The van der Waals surface area contributed by atoms with Gasteiger partial charge in [-0.05, 0) is 35.2 Å². The second kappa shape index (κ2) is 8.96. The standard InChI is InChI=1S/C18H22N8O2S2/c1-3-5-8-25-15-14(16(27)20-17(25)28)24(4-2)13(19-15)11-30-18-21-22-23-26(18)10-12-7-6-9-29-12/h6-7,9H,3-5,8,10-11H2,1-2H3,(H,20,27,28). The van der Waals surface area contributed by atoms with Crippen molar-refractivity contribution in [3.05, 3.63) is 49.1 Å². The van der Waals surface area contributed by atoms with Crippen molar-refractivity contribution in [1.29, 1.82) is 0 Å². The lowest BCUT2D eigenvalue weighted by atomic mass is 10.3. The van der Waals surface area contributed by atoms with E-state index in [9.17, 15) is 9.59 Å². The summed E-state index contributed by atoms with van der Waals surface area (Å²) in [4.78, 5) is 33.1. The van der Waals surface area contributed by atoms with Gasteiger partial charge in [0.2, 0.25) is 5.16 Å². The van der Waals surface area contributed by atoms with Crippen molar-refractivity contribution in [3.63, 3.8) is 0 Å². The van der Waals surface area contributed by atoms with Gasteiger partial charge in [0.15, 0.2) is 11.2 Å². The van der Waals surface area contributed by atoms with Gasteiger partial charge in [0, 0.05) is 18.0 Å². The topological polar surface area (TPSA) is 116 Å². The maximum Gasteiger partial charge on any atom is 0.330 e. The molecule has 0 spiro atoms. The molecule has 0 unspecified atom stereocenters. The number of hydrogen-bond acceptors (Lipinski definition) is 8. The SMILES string of the molecule is CCCCn1c(=O)[nH]c(=O)c2c1nc(CSc1nnnn1Cc1cccs1)n2CC. The van der Waals surface area contributed by atoms with E-state index >= 15 is 0 Å². The Morgan fingerprint density at radius 2 is 2.10 bits per heavy atom. The molecule has 0 saturated carbocycles. The molecule has 0 aliphatic rings. The van der Waals surface area contributed by atoms with Crippen LogP contribution in [-0.4, -0.2) is 39.3 Å². The van der Waals surface area contributed by atoms with Gasteiger partial charge in [-0.3, -0.25) is 14.3 Å². The number of thiophene rings is 1. The third kappa shape index (κ3) is 3.97. The van der Waals surface area contributed by atoms with Crippen LogP contribution in [0.3, 0.4) is 0 Å². The van der Waals surface area contributed by atoms with Crippen molar-refractivity contribution in [2.45, 2.75) is 57.2 Å². The minimum Gasteiger partial charge on any atom is -0.322 e. The Morgan fingerprint density at radius 1 is 1.23 bits per heavy atom. The van der Waals surface area contributed by atoms with Gasteiger partial charge in [-0.1, -0.05) is 31.2 Å². The van der Waals surface area contributed by atoms with E-state index in [0.29, 0.717) is 47.5 Å². The van der Waals surface area contributed by atoms with E-state index in [-0.39, 0.29) is 0 Å². The molecule has 4 aromatic heterocycles. The maximum absolute atomic E-state index is 12.5. The number of fused-ring (bicyclic) bond motifs is 1. The Balaban J connectivity index is 1.65. The van der Waals surface area contributed by atoms with Crippen molar-refractivity contribution in [2.24, 2.45) is 0 Å². The summed E-state index contributed by atoms with van der Waals surface area (Å²) in [6.07, 6.45) is 1.78. The van der Waals surface area contributed by atoms with E-state index < -0.39 is 11.2 Å². The van der Waals surface area contributed by atoms with Crippen LogP contribution in [-0.2, 0) is 25.4 Å². The highest BCUT2D eigenvalue weighted by atomic mass is 32.2. The number of H-pyrrole nitrogens is 1. The quantitative estimate of drug-likeness (QED) is 0.391. The molecule has 10 nitrogen and oxygen atoms in total. The van der Waals surface area contributed by atoms with Crippen molar-refractivity contribution in [1.82, 2.24) is 39.3 Å². The summed E-state index contributed by atoms with van der Waals surface area (Å²) < 4.78 is 5.16.